The SMILES string of the molecule is Cc1ccc(S(=O)(=O)N(C)C[C@H]2OCCCC[C@H](C)Oc3ccc(NC(=O)NC(C)C)cc3C(=O)N([C@@H](C)CO)C[C@H]2C)cc1. The van der Waals surface area contributed by atoms with E-state index in [4.69, 9.17) is 9.47 Å². The average Bonchev–Trinajstić information content (AvgIpc) is 2.98. The van der Waals surface area contributed by atoms with Gasteiger partial charge in [0, 0.05) is 44.4 Å². The number of aryl methyl sites for hydroxylation is 1. The summed E-state index contributed by atoms with van der Waals surface area (Å²) in [5.41, 5.74) is 1.64. The number of likely N-dealkylation sites (N-methyl/N-ethyl adjacent to an activating group) is 1. The van der Waals surface area contributed by atoms with Crippen LogP contribution in [0.5, 0.6) is 5.75 Å². The summed E-state index contributed by atoms with van der Waals surface area (Å²) in [6.07, 6.45) is 1.55. The molecular formula is C33H50N4O7S. The molecule has 3 N–H and O–H groups in total. The predicted octanol–water partition coefficient (Wildman–Crippen LogP) is 4.64. The number of benzene rings is 2. The Balaban J connectivity index is 1.96. The minimum atomic E-state index is -3.78. The number of nitrogens with one attached hydrogen (secondary N) is 2. The minimum absolute atomic E-state index is 0.0726. The molecule has 0 aromatic heterocycles. The number of ether oxygens (including phenoxy) is 2. The number of anilines is 1. The highest BCUT2D eigenvalue weighted by Gasteiger charge is 2.32. The molecule has 12 heteroatoms. The van der Waals surface area contributed by atoms with Crippen LogP contribution in [0.25, 0.3) is 0 Å². The van der Waals surface area contributed by atoms with E-state index in [1.54, 1.807) is 54.3 Å². The second-order valence-corrected chi connectivity index (χ2v) is 14.4. The first-order valence-electron chi connectivity index (χ1n) is 15.7. The Bertz CT molecular complexity index is 1380. The van der Waals surface area contributed by atoms with Gasteiger partial charge in [-0.05, 0) is 84.2 Å². The minimum Gasteiger partial charge on any atom is -0.490 e. The summed E-state index contributed by atoms with van der Waals surface area (Å²) in [6, 6.07) is 10.7. The van der Waals surface area contributed by atoms with Gasteiger partial charge in [0.15, 0.2) is 0 Å². The molecule has 2 aromatic rings. The highest BCUT2D eigenvalue weighted by molar-refractivity contribution is 7.89. The number of amides is 3. The molecule has 0 radical (unpaired) electrons. The molecule has 3 rings (SSSR count). The van der Waals surface area contributed by atoms with Gasteiger partial charge in [-0.1, -0.05) is 24.6 Å². The largest absolute Gasteiger partial charge is 0.490 e. The van der Waals surface area contributed by atoms with Gasteiger partial charge in [0.2, 0.25) is 10.0 Å². The monoisotopic (exact) mass is 646 g/mol. The number of urea groups is 1. The number of rotatable bonds is 8. The molecule has 0 saturated heterocycles. The number of carbonyl (C=O) groups excluding carboxylic acids is 2. The fourth-order valence-electron chi connectivity index (χ4n) is 5.13. The summed E-state index contributed by atoms with van der Waals surface area (Å²) in [7, 11) is -2.24. The molecule has 250 valence electrons. The number of nitrogens with zero attached hydrogens (tertiary/aromatic N) is 2. The smallest absolute Gasteiger partial charge is 0.319 e. The third kappa shape index (κ3) is 10.2. The van der Waals surface area contributed by atoms with Crippen LogP contribution in [-0.4, -0.2) is 92.3 Å². The van der Waals surface area contributed by atoms with Crippen molar-refractivity contribution in [3.05, 3.63) is 53.6 Å². The lowest BCUT2D eigenvalue weighted by molar-refractivity contribution is -0.00833. The van der Waals surface area contributed by atoms with Gasteiger partial charge in [0.25, 0.3) is 5.91 Å². The summed E-state index contributed by atoms with van der Waals surface area (Å²) in [4.78, 5) is 28.4. The number of hydrogen-bond donors (Lipinski definition) is 3. The van der Waals surface area contributed by atoms with E-state index < -0.39 is 28.2 Å². The van der Waals surface area contributed by atoms with Crippen LogP contribution in [0.1, 0.15) is 69.8 Å². The van der Waals surface area contributed by atoms with Gasteiger partial charge in [0.1, 0.15) is 5.75 Å². The van der Waals surface area contributed by atoms with E-state index in [0.29, 0.717) is 24.5 Å². The molecule has 0 aliphatic carbocycles. The fourth-order valence-corrected chi connectivity index (χ4v) is 6.32. The van der Waals surface area contributed by atoms with Crippen molar-refractivity contribution in [2.24, 2.45) is 5.92 Å². The zero-order chi connectivity index (χ0) is 33.3. The van der Waals surface area contributed by atoms with Crippen LogP contribution in [0.2, 0.25) is 0 Å². The lowest BCUT2D eigenvalue weighted by Gasteiger charge is -2.35. The fraction of sp³-hybridized carbons (Fsp3) is 0.576. The number of aliphatic hydroxyl groups excluding tert-OH is 1. The second-order valence-electron chi connectivity index (χ2n) is 12.4. The number of aliphatic hydroxyl groups is 1. The van der Waals surface area contributed by atoms with Crippen LogP contribution < -0.4 is 15.4 Å². The van der Waals surface area contributed by atoms with Gasteiger partial charge in [0.05, 0.1) is 35.3 Å². The molecule has 0 saturated carbocycles. The molecule has 0 fully saturated rings. The van der Waals surface area contributed by atoms with E-state index in [1.807, 2.05) is 34.6 Å². The molecular weight excluding hydrogens is 596 g/mol. The van der Waals surface area contributed by atoms with Gasteiger partial charge in [-0.15, -0.1) is 0 Å². The van der Waals surface area contributed by atoms with Crippen LogP contribution in [0, 0.1) is 12.8 Å². The molecule has 3 amide bonds. The van der Waals surface area contributed by atoms with Gasteiger partial charge in [-0.2, -0.15) is 4.31 Å². The molecule has 11 nitrogen and oxygen atoms in total. The van der Waals surface area contributed by atoms with Gasteiger partial charge in [-0.3, -0.25) is 4.79 Å². The van der Waals surface area contributed by atoms with E-state index in [2.05, 4.69) is 10.6 Å². The molecule has 0 unspecified atom stereocenters. The standard InChI is InChI=1S/C33H50N4O7S/c1-22(2)34-33(40)35-27-13-16-30-29(18-27)32(39)37(25(5)21-38)19-24(4)31(43-17-9-8-10-26(6)44-30)20-36(7)45(41,42)28-14-11-23(3)12-15-28/h11-16,18,22,24-26,31,38H,8-10,17,19-21H2,1-7H3,(H2,34,35,40)/t24-,25+,26+,31-/m1/s1. The number of sulfonamides is 1. The first kappa shape index (κ1) is 36.3. The number of fused-ring (bicyclic) bond motifs is 1. The van der Waals surface area contributed by atoms with Gasteiger partial charge < -0.3 is 30.1 Å². The third-order valence-electron chi connectivity index (χ3n) is 7.90. The second kappa shape index (κ2) is 16.4. The molecule has 1 aliphatic heterocycles. The Kier molecular flexibility index (Phi) is 13.2. The summed E-state index contributed by atoms with van der Waals surface area (Å²) in [5, 5.41) is 15.7. The van der Waals surface area contributed by atoms with Crippen LogP contribution in [-0.2, 0) is 14.8 Å². The lowest BCUT2D eigenvalue weighted by Crippen LogP contribution is -2.48. The van der Waals surface area contributed by atoms with Crippen LogP contribution in [0.3, 0.4) is 0 Å². The van der Waals surface area contributed by atoms with E-state index in [0.717, 1.165) is 18.4 Å². The predicted molar refractivity (Wildman–Crippen MR) is 175 cm³/mol. The summed E-state index contributed by atoms with van der Waals surface area (Å²) in [5.74, 6) is -0.295. The Morgan fingerprint density at radius 2 is 1.80 bits per heavy atom. The topological polar surface area (TPSA) is 138 Å². The summed E-state index contributed by atoms with van der Waals surface area (Å²) < 4.78 is 40.7. The molecule has 2 aromatic carbocycles. The zero-order valence-electron chi connectivity index (χ0n) is 27.6. The molecule has 0 spiro atoms. The summed E-state index contributed by atoms with van der Waals surface area (Å²) >= 11 is 0. The Hall–Kier alpha value is -3.19. The average molecular weight is 647 g/mol. The quantitative estimate of drug-likeness (QED) is 0.380. The van der Waals surface area contributed by atoms with E-state index >= 15 is 0 Å². The van der Waals surface area contributed by atoms with Crippen molar-refractivity contribution in [1.29, 1.82) is 0 Å². The van der Waals surface area contributed by atoms with Crippen molar-refractivity contribution >= 4 is 27.6 Å². The molecule has 45 heavy (non-hydrogen) atoms. The van der Waals surface area contributed by atoms with E-state index in [-0.39, 0.29) is 54.1 Å². The zero-order valence-corrected chi connectivity index (χ0v) is 28.4. The summed E-state index contributed by atoms with van der Waals surface area (Å²) in [6.45, 7) is 11.6. The van der Waals surface area contributed by atoms with Crippen molar-refractivity contribution < 1.29 is 32.6 Å². The molecule has 4 atom stereocenters. The lowest BCUT2D eigenvalue weighted by atomic mass is 10.0. The third-order valence-corrected chi connectivity index (χ3v) is 9.73. The van der Waals surface area contributed by atoms with Crippen LogP contribution in [0.4, 0.5) is 10.5 Å². The van der Waals surface area contributed by atoms with E-state index in [1.165, 1.54) is 11.4 Å². The molecule has 1 heterocycles. The first-order valence-corrected chi connectivity index (χ1v) is 17.1. The van der Waals surface area contributed by atoms with Crippen molar-refractivity contribution in [3.63, 3.8) is 0 Å². The van der Waals surface area contributed by atoms with Gasteiger partial charge >= 0.3 is 6.03 Å². The Morgan fingerprint density at radius 3 is 2.44 bits per heavy atom. The van der Waals surface area contributed by atoms with Gasteiger partial charge in [-0.25, -0.2) is 13.2 Å². The highest BCUT2D eigenvalue weighted by Crippen LogP contribution is 2.29. The molecule has 0 bridgehead atoms. The maximum atomic E-state index is 14.2. The Labute approximate surface area is 268 Å². The van der Waals surface area contributed by atoms with Crippen molar-refractivity contribution in [3.8, 4) is 5.75 Å². The van der Waals surface area contributed by atoms with Crippen LogP contribution >= 0.6 is 0 Å². The normalized spacial score (nSPS) is 21.1. The highest BCUT2D eigenvalue weighted by atomic mass is 32.2. The van der Waals surface area contributed by atoms with Crippen molar-refractivity contribution in [1.82, 2.24) is 14.5 Å². The maximum Gasteiger partial charge on any atom is 0.319 e. The van der Waals surface area contributed by atoms with Crippen molar-refractivity contribution in [2.75, 3.05) is 38.7 Å². The number of carbonyl (C=O) groups is 2. The maximum absolute atomic E-state index is 14.2. The molecule has 1 aliphatic rings. The Morgan fingerprint density at radius 1 is 1.11 bits per heavy atom. The van der Waals surface area contributed by atoms with Crippen LogP contribution in [0.15, 0.2) is 47.4 Å². The first-order chi connectivity index (χ1) is 21.2. The van der Waals surface area contributed by atoms with E-state index in [9.17, 15) is 23.1 Å². The number of hydrogen-bond acceptors (Lipinski definition) is 7. The van der Waals surface area contributed by atoms with Crippen molar-refractivity contribution in [2.45, 2.75) is 90.0 Å².